The molecule has 1 aliphatic rings. The van der Waals surface area contributed by atoms with Crippen LogP contribution in [0.5, 0.6) is 0 Å². The molecule has 1 aromatic carbocycles. The van der Waals surface area contributed by atoms with Gasteiger partial charge in [-0.25, -0.2) is 4.79 Å². The SMILES string of the molecule is CSCCC(NC(=O)CN)C(=O)N1CCCC1C(=O)NC(Cc1c[nH]c2ccccc12)C(=O)O. The molecule has 6 N–H and O–H groups in total. The third kappa shape index (κ3) is 6.09. The predicted molar refractivity (Wildman–Crippen MR) is 130 cm³/mol. The van der Waals surface area contributed by atoms with E-state index in [4.69, 9.17) is 5.73 Å². The quantitative estimate of drug-likeness (QED) is 0.307. The molecular formula is C23H31N5O5S. The highest BCUT2D eigenvalue weighted by atomic mass is 32.2. The molecule has 3 unspecified atom stereocenters. The van der Waals surface area contributed by atoms with Gasteiger partial charge in [0.25, 0.3) is 0 Å². The molecule has 1 aliphatic heterocycles. The smallest absolute Gasteiger partial charge is 0.326 e. The average Bonchev–Trinajstić information content (AvgIpc) is 3.48. The number of aromatic amines is 1. The average molecular weight is 490 g/mol. The van der Waals surface area contributed by atoms with Crippen molar-refractivity contribution >= 4 is 46.4 Å². The number of carbonyl (C=O) groups excluding carboxylic acids is 3. The molecule has 2 heterocycles. The molecule has 34 heavy (non-hydrogen) atoms. The van der Waals surface area contributed by atoms with Gasteiger partial charge in [0.1, 0.15) is 18.1 Å². The molecule has 1 aromatic heterocycles. The van der Waals surface area contributed by atoms with Crippen molar-refractivity contribution in [2.24, 2.45) is 5.73 Å². The van der Waals surface area contributed by atoms with Crippen molar-refractivity contribution in [2.75, 3.05) is 25.1 Å². The van der Waals surface area contributed by atoms with Crippen molar-refractivity contribution in [1.82, 2.24) is 20.5 Å². The highest BCUT2D eigenvalue weighted by Crippen LogP contribution is 2.22. The van der Waals surface area contributed by atoms with Crippen molar-refractivity contribution < 1.29 is 24.3 Å². The molecule has 3 atom stereocenters. The Hall–Kier alpha value is -3.05. The van der Waals surface area contributed by atoms with E-state index >= 15 is 0 Å². The van der Waals surface area contributed by atoms with Crippen LogP contribution in [0.4, 0.5) is 0 Å². The van der Waals surface area contributed by atoms with Gasteiger partial charge in [0.2, 0.25) is 17.7 Å². The predicted octanol–water partition coefficient (Wildman–Crippen LogP) is 0.467. The molecule has 0 radical (unpaired) electrons. The van der Waals surface area contributed by atoms with Crippen molar-refractivity contribution in [1.29, 1.82) is 0 Å². The third-order valence-electron chi connectivity index (χ3n) is 5.98. The number of hydrogen-bond acceptors (Lipinski definition) is 6. The normalized spacial score (nSPS) is 17.4. The number of thioether (sulfide) groups is 1. The van der Waals surface area contributed by atoms with Crippen molar-refractivity contribution in [3.8, 4) is 0 Å². The maximum absolute atomic E-state index is 13.2. The lowest BCUT2D eigenvalue weighted by Gasteiger charge is -2.29. The number of aliphatic carboxylic acids is 1. The molecular weight excluding hydrogens is 458 g/mol. The largest absolute Gasteiger partial charge is 0.480 e. The van der Waals surface area contributed by atoms with Gasteiger partial charge in [-0.3, -0.25) is 14.4 Å². The molecule has 10 nitrogen and oxygen atoms in total. The second-order valence-electron chi connectivity index (χ2n) is 8.26. The molecule has 184 valence electrons. The number of H-pyrrole nitrogens is 1. The summed E-state index contributed by atoms with van der Waals surface area (Å²) in [7, 11) is 0. The number of carbonyl (C=O) groups is 4. The monoisotopic (exact) mass is 489 g/mol. The van der Waals surface area contributed by atoms with Gasteiger partial charge in [0.15, 0.2) is 0 Å². The molecule has 11 heteroatoms. The first-order valence-electron chi connectivity index (χ1n) is 11.2. The van der Waals surface area contributed by atoms with Gasteiger partial charge in [-0.05, 0) is 42.9 Å². The number of nitrogens with one attached hydrogen (secondary N) is 3. The zero-order valence-electron chi connectivity index (χ0n) is 19.1. The molecule has 0 bridgehead atoms. The fraction of sp³-hybridized carbons (Fsp3) is 0.478. The van der Waals surface area contributed by atoms with Crippen LogP contribution in [0.25, 0.3) is 10.9 Å². The fourth-order valence-corrected chi connectivity index (χ4v) is 4.71. The van der Waals surface area contributed by atoms with Gasteiger partial charge in [-0.2, -0.15) is 11.8 Å². The van der Waals surface area contributed by atoms with E-state index in [9.17, 15) is 24.3 Å². The van der Waals surface area contributed by atoms with Crippen LogP contribution >= 0.6 is 11.8 Å². The van der Waals surface area contributed by atoms with E-state index in [1.165, 1.54) is 4.90 Å². The first-order valence-corrected chi connectivity index (χ1v) is 12.6. The van der Waals surface area contributed by atoms with Gasteiger partial charge in [-0.1, -0.05) is 18.2 Å². The maximum atomic E-state index is 13.2. The van der Waals surface area contributed by atoms with Gasteiger partial charge < -0.3 is 31.4 Å². The Labute approximate surface area is 202 Å². The molecule has 0 spiro atoms. The Morgan fingerprint density at radius 1 is 1.24 bits per heavy atom. The number of nitrogens with two attached hydrogens (primary N) is 1. The maximum Gasteiger partial charge on any atom is 0.326 e. The number of aromatic nitrogens is 1. The number of benzene rings is 1. The third-order valence-corrected chi connectivity index (χ3v) is 6.63. The summed E-state index contributed by atoms with van der Waals surface area (Å²) in [5.41, 5.74) is 7.05. The highest BCUT2D eigenvalue weighted by molar-refractivity contribution is 7.98. The number of amides is 3. The zero-order valence-corrected chi connectivity index (χ0v) is 19.9. The zero-order chi connectivity index (χ0) is 24.7. The highest BCUT2D eigenvalue weighted by Gasteiger charge is 2.38. The summed E-state index contributed by atoms with van der Waals surface area (Å²) in [5, 5.41) is 15.9. The Kier molecular flexibility index (Phi) is 8.94. The van der Waals surface area contributed by atoms with Crippen LogP contribution in [-0.4, -0.2) is 81.9 Å². The van der Waals surface area contributed by atoms with E-state index in [2.05, 4.69) is 15.6 Å². The number of rotatable bonds is 11. The first-order chi connectivity index (χ1) is 16.3. The van der Waals surface area contributed by atoms with Gasteiger partial charge in [0.05, 0.1) is 6.54 Å². The van der Waals surface area contributed by atoms with Crippen LogP contribution in [0, 0.1) is 0 Å². The Morgan fingerprint density at radius 2 is 2.00 bits per heavy atom. The minimum absolute atomic E-state index is 0.106. The van der Waals surface area contributed by atoms with Crippen molar-refractivity contribution in [3.63, 3.8) is 0 Å². The summed E-state index contributed by atoms with van der Waals surface area (Å²) < 4.78 is 0. The number of nitrogens with zero attached hydrogens (tertiary/aromatic N) is 1. The van der Waals surface area contributed by atoms with Crippen LogP contribution in [0.1, 0.15) is 24.8 Å². The van der Waals surface area contributed by atoms with E-state index in [-0.39, 0.29) is 18.9 Å². The van der Waals surface area contributed by atoms with Crippen molar-refractivity contribution in [2.45, 2.75) is 43.8 Å². The summed E-state index contributed by atoms with van der Waals surface area (Å²) in [6, 6.07) is 4.83. The standard InChI is InChI=1S/C23H31N5O5S/c1-34-10-8-17(26-20(29)12-24)22(31)28-9-4-7-19(28)21(30)27-18(23(32)33)11-14-13-25-16-6-3-2-5-15(14)16/h2-3,5-6,13,17-19,25H,4,7-12,24H2,1H3,(H,26,29)(H,27,30)(H,32,33). The number of fused-ring (bicyclic) bond motifs is 1. The van der Waals surface area contributed by atoms with Crippen LogP contribution in [0.15, 0.2) is 30.5 Å². The number of likely N-dealkylation sites (tertiary alicyclic amines) is 1. The van der Waals surface area contributed by atoms with E-state index in [0.717, 1.165) is 16.5 Å². The van der Waals surface area contributed by atoms with Crippen LogP contribution in [-0.2, 0) is 25.6 Å². The number of para-hydroxylation sites is 1. The van der Waals surface area contributed by atoms with Crippen LogP contribution in [0.2, 0.25) is 0 Å². The molecule has 1 saturated heterocycles. The van der Waals surface area contributed by atoms with Crippen LogP contribution < -0.4 is 16.4 Å². The van der Waals surface area contributed by atoms with E-state index in [1.807, 2.05) is 30.5 Å². The minimum atomic E-state index is -1.15. The fourth-order valence-electron chi connectivity index (χ4n) is 4.24. The number of carboxylic acid groups (broad SMARTS) is 1. The second-order valence-corrected chi connectivity index (χ2v) is 9.24. The van der Waals surface area contributed by atoms with Gasteiger partial charge in [0, 0.05) is 30.1 Å². The summed E-state index contributed by atoms with van der Waals surface area (Å²) in [4.78, 5) is 54.6. The topological polar surface area (TPSA) is 158 Å². The Balaban J connectivity index is 1.71. The lowest BCUT2D eigenvalue weighted by molar-refractivity contribution is -0.144. The summed E-state index contributed by atoms with van der Waals surface area (Å²) in [5.74, 6) is -1.80. The lowest BCUT2D eigenvalue weighted by atomic mass is 10.0. The molecule has 0 aliphatic carbocycles. The summed E-state index contributed by atoms with van der Waals surface area (Å²) in [6.07, 6.45) is 5.21. The number of carboxylic acids is 1. The van der Waals surface area contributed by atoms with E-state index in [0.29, 0.717) is 31.6 Å². The molecule has 3 rings (SSSR count). The molecule has 0 saturated carbocycles. The summed E-state index contributed by atoms with van der Waals surface area (Å²) >= 11 is 1.55. The van der Waals surface area contributed by atoms with Gasteiger partial charge in [-0.15, -0.1) is 0 Å². The van der Waals surface area contributed by atoms with E-state index in [1.54, 1.807) is 18.0 Å². The van der Waals surface area contributed by atoms with E-state index < -0.39 is 35.9 Å². The van der Waals surface area contributed by atoms with Gasteiger partial charge >= 0.3 is 5.97 Å². The van der Waals surface area contributed by atoms with Crippen molar-refractivity contribution in [3.05, 3.63) is 36.0 Å². The Bertz CT molecular complexity index is 1040. The minimum Gasteiger partial charge on any atom is -0.480 e. The molecule has 2 aromatic rings. The molecule has 1 fully saturated rings. The summed E-state index contributed by atoms with van der Waals surface area (Å²) in [6.45, 7) is 0.131. The Morgan fingerprint density at radius 3 is 2.71 bits per heavy atom. The second kappa shape index (κ2) is 11.9. The first kappa shape index (κ1) is 25.6. The lowest BCUT2D eigenvalue weighted by Crippen LogP contribution is -2.56. The van der Waals surface area contributed by atoms with Crippen LogP contribution in [0.3, 0.4) is 0 Å². The molecule has 3 amide bonds. The number of hydrogen-bond donors (Lipinski definition) is 5.